The maximum Gasteiger partial charge on any atom is 0.187 e. The molecule has 0 unspecified atom stereocenters. The van der Waals surface area contributed by atoms with E-state index in [0.717, 1.165) is 29.6 Å². The first-order chi connectivity index (χ1) is 11.7. The molecule has 1 aliphatic heterocycles. The summed E-state index contributed by atoms with van der Waals surface area (Å²) in [4.78, 5) is 8.89. The van der Waals surface area contributed by atoms with Gasteiger partial charge >= 0.3 is 0 Å². The number of rotatable bonds is 4. The molecular formula is C19H28N4O2. The summed E-state index contributed by atoms with van der Waals surface area (Å²) < 4.78 is 10.9. The van der Waals surface area contributed by atoms with E-state index in [4.69, 9.17) is 9.47 Å². The van der Waals surface area contributed by atoms with Crippen molar-refractivity contribution in [1.82, 2.24) is 15.3 Å². The van der Waals surface area contributed by atoms with Crippen LogP contribution in [0.15, 0.2) is 18.5 Å². The molecule has 1 saturated heterocycles. The zero-order chi connectivity index (χ0) is 18.2. The Kier molecular flexibility index (Phi) is 4.49. The highest BCUT2D eigenvalue weighted by Gasteiger charge is 2.37. The summed E-state index contributed by atoms with van der Waals surface area (Å²) in [6.07, 6.45) is 3.62. The normalized spacial score (nSPS) is 19.6. The van der Waals surface area contributed by atoms with E-state index in [1.54, 1.807) is 20.5 Å². The maximum absolute atomic E-state index is 5.51. The summed E-state index contributed by atoms with van der Waals surface area (Å²) in [5, 5.41) is 8.28. The van der Waals surface area contributed by atoms with Crippen molar-refractivity contribution in [3.05, 3.63) is 18.5 Å². The number of nitrogens with one attached hydrogen (secondary N) is 2. The Morgan fingerprint density at radius 2 is 1.72 bits per heavy atom. The van der Waals surface area contributed by atoms with Gasteiger partial charge in [-0.3, -0.25) is 0 Å². The van der Waals surface area contributed by atoms with E-state index in [0.29, 0.717) is 17.5 Å². The highest BCUT2D eigenvalue weighted by molar-refractivity contribution is 5.94. The Morgan fingerprint density at radius 3 is 2.32 bits per heavy atom. The summed E-state index contributed by atoms with van der Waals surface area (Å²) in [6.45, 7) is 8.98. The standard InChI is InChI=1S/C19H28N4O2/c1-18(2)9-12(10-19(3,4)23-18)22-17-13-7-8-14(24-5)16(25-6)15(13)20-11-21-17/h7-8,11-12,23H,9-10H2,1-6H3,(H,20,21,22). The monoisotopic (exact) mass is 344 g/mol. The van der Waals surface area contributed by atoms with Crippen molar-refractivity contribution in [2.45, 2.75) is 57.7 Å². The zero-order valence-corrected chi connectivity index (χ0v) is 15.9. The molecule has 0 spiro atoms. The van der Waals surface area contributed by atoms with Crippen LogP contribution in [0.4, 0.5) is 5.82 Å². The maximum atomic E-state index is 5.51. The predicted octanol–water partition coefficient (Wildman–Crippen LogP) is 3.37. The molecule has 1 fully saturated rings. The number of hydrogen-bond acceptors (Lipinski definition) is 6. The van der Waals surface area contributed by atoms with Crippen LogP contribution in [0, 0.1) is 0 Å². The highest BCUT2D eigenvalue weighted by Crippen LogP contribution is 2.37. The molecule has 6 nitrogen and oxygen atoms in total. The highest BCUT2D eigenvalue weighted by atomic mass is 16.5. The van der Waals surface area contributed by atoms with Gasteiger partial charge in [0.05, 0.1) is 14.2 Å². The van der Waals surface area contributed by atoms with Crippen LogP contribution in [0.1, 0.15) is 40.5 Å². The van der Waals surface area contributed by atoms with Crippen LogP contribution in [-0.2, 0) is 0 Å². The van der Waals surface area contributed by atoms with E-state index in [2.05, 4.69) is 48.3 Å². The fraction of sp³-hybridized carbons (Fsp3) is 0.579. The number of fused-ring (bicyclic) bond motifs is 1. The largest absolute Gasteiger partial charge is 0.493 e. The Morgan fingerprint density at radius 1 is 1.04 bits per heavy atom. The van der Waals surface area contributed by atoms with E-state index >= 15 is 0 Å². The molecule has 0 aliphatic carbocycles. The third kappa shape index (κ3) is 3.63. The van der Waals surface area contributed by atoms with Gasteiger partial charge in [0.15, 0.2) is 11.5 Å². The third-order valence-corrected chi connectivity index (χ3v) is 4.68. The molecule has 0 amide bonds. The molecule has 6 heteroatoms. The van der Waals surface area contributed by atoms with Crippen LogP contribution >= 0.6 is 0 Å². The molecular weight excluding hydrogens is 316 g/mol. The summed E-state index contributed by atoms with van der Waals surface area (Å²) in [5.41, 5.74) is 0.901. The molecule has 1 aromatic heterocycles. The lowest BCUT2D eigenvalue weighted by Gasteiger charge is -2.46. The van der Waals surface area contributed by atoms with E-state index in [-0.39, 0.29) is 11.1 Å². The van der Waals surface area contributed by atoms with Gasteiger partial charge in [-0.1, -0.05) is 0 Å². The number of methoxy groups -OCH3 is 2. The van der Waals surface area contributed by atoms with Crippen molar-refractivity contribution < 1.29 is 9.47 Å². The Labute approximate surface area is 149 Å². The number of benzene rings is 1. The van der Waals surface area contributed by atoms with E-state index in [1.165, 1.54) is 0 Å². The van der Waals surface area contributed by atoms with Crippen molar-refractivity contribution in [3.8, 4) is 11.5 Å². The first-order valence-corrected chi connectivity index (χ1v) is 8.66. The molecule has 0 bridgehead atoms. The Balaban J connectivity index is 1.97. The SMILES string of the molecule is COc1ccc2c(NC3CC(C)(C)NC(C)(C)C3)ncnc2c1OC. The van der Waals surface area contributed by atoms with Gasteiger partial charge < -0.3 is 20.1 Å². The Hall–Kier alpha value is -2.08. The van der Waals surface area contributed by atoms with Crippen LogP contribution in [0.5, 0.6) is 11.5 Å². The molecule has 0 saturated carbocycles. The van der Waals surface area contributed by atoms with Crippen molar-refractivity contribution in [3.63, 3.8) is 0 Å². The Bertz CT molecular complexity index is 757. The van der Waals surface area contributed by atoms with Gasteiger partial charge in [0.2, 0.25) is 0 Å². The first-order valence-electron chi connectivity index (χ1n) is 8.66. The molecule has 2 aromatic rings. The van der Waals surface area contributed by atoms with Gasteiger partial charge in [0, 0.05) is 22.5 Å². The zero-order valence-electron chi connectivity index (χ0n) is 15.9. The molecule has 0 radical (unpaired) electrons. The fourth-order valence-electron chi connectivity index (χ4n) is 4.18. The molecule has 0 atom stereocenters. The van der Waals surface area contributed by atoms with Crippen LogP contribution < -0.4 is 20.1 Å². The minimum absolute atomic E-state index is 0.0726. The molecule has 3 rings (SSSR count). The summed E-state index contributed by atoms with van der Waals surface area (Å²) in [6, 6.07) is 4.21. The van der Waals surface area contributed by atoms with E-state index in [1.807, 2.05) is 12.1 Å². The number of aromatic nitrogens is 2. The van der Waals surface area contributed by atoms with Crippen molar-refractivity contribution >= 4 is 16.7 Å². The van der Waals surface area contributed by atoms with Gasteiger partial charge in [-0.25, -0.2) is 9.97 Å². The summed E-state index contributed by atoms with van der Waals surface area (Å²) in [7, 11) is 3.26. The van der Waals surface area contributed by atoms with Gasteiger partial charge in [0.25, 0.3) is 0 Å². The summed E-state index contributed by atoms with van der Waals surface area (Å²) in [5.74, 6) is 2.14. The van der Waals surface area contributed by atoms with Gasteiger partial charge in [0.1, 0.15) is 17.7 Å². The fourth-order valence-corrected chi connectivity index (χ4v) is 4.18. The lowest BCUT2D eigenvalue weighted by Crippen LogP contribution is -2.60. The molecule has 1 aromatic carbocycles. The van der Waals surface area contributed by atoms with Crippen molar-refractivity contribution in [1.29, 1.82) is 0 Å². The molecule has 1 aliphatic rings. The average molecular weight is 344 g/mol. The second-order valence-corrected chi connectivity index (χ2v) is 8.06. The van der Waals surface area contributed by atoms with Gasteiger partial charge in [-0.15, -0.1) is 0 Å². The van der Waals surface area contributed by atoms with E-state index in [9.17, 15) is 0 Å². The van der Waals surface area contributed by atoms with Crippen LogP contribution in [0.25, 0.3) is 10.9 Å². The third-order valence-electron chi connectivity index (χ3n) is 4.68. The van der Waals surface area contributed by atoms with Gasteiger partial charge in [-0.05, 0) is 52.7 Å². The lowest BCUT2D eigenvalue weighted by atomic mass is 9.79. The van der Waals surface area contributed by atoms with E-state index < -0.39 is 0 Å². The molecule has 25 heavy (non-hydrogen) atoms. The lowest BCUT2D eigenvalue weighted by molar-refractivity contribution is 0.170. The molecule has 136 valence electrons. The van der Waals surface area contributed by atoms with Crippen molar-refractivity contribution in [2.24, 2.45) is 0 Å². The quantitative estimate of drug-likeness (QED) is 0.886. The first kappa shape index (κ1) is 17.7. The summed E-state index contributed by atoms with van der Waals surface area (Å²) >= 11 is 0. The second kappa shape index (κ2) is 6.33. The van der Waals surface area contributed by atoms with Crippen LogP contribution in [-0.4, -0.2) is 41.3 Å². The number of anilines is 1. The number of nitrogens with zero attached hydrogens (tertiary/aromatic N) is 2. The topological polar surface area (TPSA) is 68.3 Å². The van der Waals surface area contributed by atoms with Crippen LogP contribution in [0.2, 0.25) is 0 Å². The predicted molar refractivity (Wildman–Crippen MR) is 101 cm³/mol. The minimum atomic E-state index is 0.0726. The van der Waals surface area contributed by atoms with Gasteiger partial charge in [-0.2, -0.15) is 0 Å². The van der Waals surface area contributed by atoms with Crippen LogP contribution in [0.3, 0.4) is 0 Å². The number of hydrogen-bond donors (Lipinski definition) is 2. The second-order valence-electron chi connectivity index (χ2n) is 8.06. The number of piperidine rings is 1. The van der Waals surface area contributed by atoms with Crippen molar-refractivity contribution in [2.75, 3.05) is 19.5 Å². The molecule has 2 N–H and O–H groups in total. The number of ether oxygens (including phenoxy) is 2. The smallest absolute Gasteiger partial charge is 0.187 e. The minimum Gasteiger partial charge on any atom is -0.493 e. The molecule has 2 heterocycles. The average Bonchev–Trinajstić information content (AvgIpc) is 2.50.